The van der Waals surface area contributed by atoms with Crippen LogP contribution in [0.3, 0.4) is 0 Å². The van der Waals surface area contributed by atoms with E-state index in [0.717, 1.165) is 17.7 Å². The molecule has 0 aromatic heterocycles. The first-order valence-corrected chi connectivity index (χ1v) is 7.76. The van der Waals surface area contributed by atoms with Gasteiger partial charge in [0.25, 0.3) is 0 Å². The zero-order chi connectivity index (χ0) is 14.7. The van der Waals surface area contributed by atoms with Crippen LogP contribution >= 0.6 is 0 Å². The van der Waals surface area contributed by atoms with Gasteiger partial charge in [-0.25, -0.2) is 4.39 Å². The Bertz CT molecular complexity index is 445. The number of halogens is 1. The van der Waals surface area contributed by atoms with E-state index in [1.54, 1.807) is 12.1 Å². The summed E-state index contributed by atoms with van der Waals surface area (Å²) in [4.78, 5) is 2.35. The molecule has 2 nitrogen and oxygen atoms in total. The minimum Gasteiger partial charge on any atom is -0.371 e. The predicted octanol–water partition coefficient (Wildman–Crippen LogP) is 3.73. The summed E-state index contributed by atoms with van der Waals surface area (Å²) in [6, 6.07) is 5.72. The van der Waals surface area contributed by atoms with Gasteiger partial charge in [-0.2, -0.15) is 0 Å². The summed E-state index contributed by atoms with van der Waals surface area (Å²) in [6.07, 6.45) is 5.87. The molecule has 20 heavy (non-hydrogen) atoms. The lowest BCUT2D eigenvalue weighted by molar-refractivity contribution is 0.321. The Morgan fingerprint density at radius 1 is 1.35 bits per heavy atom. The normalized spacial score (nSPS) is 24.4. The first-order chi connectivity index (χ1) is 9.49. The fourth-order valence-electron chi connectivity index (χ4n) is 3.46. The van der Waals surface area contributed by atoms with Gasteiger partial charge in [0.1, 0.15) is 5.82 Å². The molecule has 3 unspecified atom stereocenters. The minimum atomic E-state index is -0.172. The maximum Gasteiger partial charge on any atom is 0.123 e. The van der Waals surface area contributed by atoms with E-state index in [1.807, 2.05) is 13.0 Å². The molecule has 1 aromatic rings. The van der Waals surface area contributed by atoms with Crippen molar-refractivity contribution in [1.82, 2.24) is 0 Å². The van der Waals surface area contributed by atoms with Crippen LogP contribution in [-0.4, -0.2) is 19.1 Å². The van der Waals surface area contributed by atoms with E-state index >= 15 is 0 Å². The van der Waals surface area contributed by atoms with Crippen molar-refractivity contribution >= 4 is 5.69 Å². The maximum absolute atomic E-state index is 13.5. The van der Waals surface area contributed by atoms with Crippen LogP contribution in [0.5, 0.6) is 0 Å². The van der Waals surface area contributed by atoms with Gasteiger partial charge in [-0.3, -0.25) is 0 Å². The van der Waals surface area contributed by atoms with Crippen LogP contribution in [0.25, 0.3) is 0 Å². The third kappa shape index (κ3) is 3.51. The van der Waals surface area contributed by atoms with Crippen LogP contribution in [0.4, 0.5) is 10.1 Å². The number of hydrogen-bond donors (Lipinski definition) is 1. The Hall–Kier alpha value is -1.09. The van der Waals surface area contributed by atoms with E-state index in [9.17, 15) is 4.39 Å². The summed E-state index contributed by atoms with van der Waals surface area (Å²) in [6.45, 7) is 4.30. The molecule has 2 N–H and O–H groups in total. The summed E-state index contributed by atoms with van der Waals surface area (Å²) in [5, 5.41) is 0. The van der Waals surface area contributed by atoms with Crippen LogP contribution in [0, 0.1) is 11.7 Å². The molecule has 0 amide bonds. The number of rotatable bonds is 4. The van der Waals surface area contributed by atoms with Crippen LogP contribution in [0.1, 0.15) is 45.1 Å². The second-order valence-electron chi connectivity index (χ2n) is 6.39. The van der Waals surface area contributed by atoms with E-state index < -0.39 is 0 Å². The Morgan fingerprint density at radius 3 is 2.70 bits per heavy atom. The zero-order valence-electron chi connectivity index (χ0n) is 12.9. The third-order valence-corrected chi connectivity index (χ3v) is 4.53. The summed E-state index contributed by atoms with van der Waals surface area (Å²) < 4.78 is 13.5. The quantitative estimate of drug-likeness (QED) is 0.909. The molecule has 1 saturated carbocycles. The van der Waals surface area contributed by atoms with Crippen LogP contribution in [0.2, 0.25) is 0 Å². The monoisotopic (exact) mass is 278 g/mol. The van der Waals surface area contributed by atoms with Crippen LogP contribution < -0.4 is 10.6 Å². The maximum atomic E-state index is 13.5. The van der Waals surface area contributed by atoms with Gasteiger partial charge < -0.3 is 10.6 Å². The van der Waals surface area contributed by atoms with Crippen molar-refractivity contribution < 1.29 is 4.39 Å². The highest BCUT2D eigenvalue weighted by Crippen LogP contribution is 2.32. The highest BCUT2D eigenvalue weighted by Gasteiger charge is 2.26. The van der Waals surface area contributed by atoms with E-state index in [4.69, 9.17) is 5.73 Å². The molecule has 1 aromatic carbocycles. The SMILES string of the molecule is CC(N)Cc1cc(F)ccc1N(C)C1CCCCC1C. The summed E-state index contributed by atoms with van der Waals surface area (Å²) in [5.41, 5.74) is 8.08. The molecule has 0 spiro atoms. The van der Waals surface area contributed by atoms with Crippen molar-refractivity contribution in [3.8, 4) is 0 Å². The van der Waals surface area contributed by atoms with Crippen molar-refractivity contribution in [3.05, 3.63) is 29.6 Å². The Labute approximate surface area is 122 Å². The van der Waals surface area contributed by atoms with Gasteiger partial charge in [0.05, 0.1) is 0 Å². The van der Waals surface area contributed by atoms with E-state index in [0.29, 0.717) is 12.0 Å². The van der Waals surface area contributed by atoms with Crippen molar-refractivity contribution in [3.63, 3.8) is 0 Å². The molecule has 1 aliphatic rings. The van der Waals surface area contributed by atoms with Crippen molar-refractivity contribution in [2.45, 2.75) is 58.0 Å². The molecule has 3 atom stereocenters. The lowest BCUT2D eigenvalue weighted by Gasteiger charge is -2.38. The van der Waals surface area contributed by atoms with E-state index in [-0.39, 0.29) is 11.9 Å². The first kappa shape index (κ1) is 15.3. The number of anilines is 1. The van der Waals surface area contributed by atoms with Crippen molar-refractivity contribution in [2.75, 3.05) is 11.9 Å². The molecule has 1 fully saturated rings. The van der Waals surface area contributed by atoms with E-state index in [1.165, 1.54) is 25.7 Å². The molecule has 2 rings (SSSR count). The van der Waals surface area contributed by atoms with Crippen molar-refractivity contribution in [1.29, 1.82) is 0 Å². The smallest absolute Gasteiger partial charge is 0.123 e. The molecule has 0 aliphatic heterocycles. The second-order valence-corrected chi connectivity index (χ2v) is 6.39. The molecule has 0 bridgehead atoms. The molecule has 112 valence electrons. The molecule has 0 heterocycles. The minimum absolute atomic E-state index is 0.0488. The Morgan fingerprint density at radius 2 is 2.05 bits per heavy atom. The molecule has 1 aliphatic carbocycles. The third-order valence-electron chi connectivity index (χ3n) is 4.53. The van der Waals surface area contributed by atoms with Crippen molar-refractivity contribution in [2.24, 2.45) is 11.7 Å². The number of benzene rings is 1. The summed E-state index contributed by atoms with van der Waals surface area (Å²) in [5.74, 6) is 0.524. The highest BCUT2D eigenvalue weighted by atomic mass is 19.1. The Balaban J connectivity index is 2.25. The fourth-order valence-corrected chi connectivity index (χ4v) is 3.46. The molecule has 0 radical (unpaired) electrons. The average Bonchev–Trinajstić information content (AvgIpc) is 2.38. The first-order valence-electron chi connectivity index (χ1n) is 7.76. The number of nitrogens with two attached hydrogens (primary N) is 1. The molecule has 0 saturated heterocycles. The summed E-state index contributed by atoms with van der Waals surface area (Å²) in [7, 11) is 2.14. The average molecular weight is 278 g/mol. The van der Waals surface area contributed by atoms with Gasteiger partial charge in [-0.05, 0) is 55.9 Å². The van der Waals surface area contributed by atoms with Crippen LogP contribution in [-0.2, 0) is 6.42 Å². The zero-order valence-corrected chi connectivity index (χ0v) is 12.9. The molecular weight excluding hydrogens is 251 g/mol. The van der Waals surface area contributed by atoms with Gasteiger partial charge in [-0.15, -0.1) is 0 Å². The highest BCUT2D eigenvalue weighted by molar-refractivity contribution is 5.54. The Kier molecular flexibility index (Phi) is 5.03. The van der Waals surface area contributed by atoms with Gasteiger partial charge >= 0.3 is 0 Å². The van der Waals surface area contributed by atoms with Gasteiger partial charge in [0.2, 0.25) is 0 Å². The summed E-state index contributed by atoms with van der Waals surface area (Å²) >= 11 is 0. The lowest BCUT2D eigenvalue weighted by atomic mass is 9.84. The van der Waals surface area contributed by atoms with Gasteiger partial charge in [-0.1, -0.05) is 19.8 Å². The molecular formula is C17H27FN2. The standard InChI is InChI=1S/C17H27FN2/c1-12-6-4-5-7-16(12)20(3)17-9-8-15(18)11-14(17)10-13(2)19/h8-9,11-13,16H,4-7,10,19H2,1-3H3. The fraction of sp³-hybridized carbons (Fsp3) is 0.647. The topological polar surface area (TPSA) is 29.3 Å². The second kappa shape index (κ2) is 6.57. The predicted molar refractivity (Wildman–Crippen MR) is 83.6 cm³/mol. The van der Waals surface area contributed by atoms with Gasteiger partial charge in [0.15, 0.2) is 0 Å². The number of hydrogen-bond acceptors (Lipinski definition) is 2. The largest absolute Gasteiger partial charge is 0.371 e. The van der Waals surface area contributed by atoms with Gasteiger partial charge in [0, 0.05) is 24.8 Å². The number of nitrogens with zero attached hydrogens (tertiary/aromatic N) is 1. The van der Waals surface area contributed by atoms with Crippen LogP contribution in [0.15, 0.2) is 18.2 Å². The lowest BCUT2D eigenvalue weighted by Crippen LogP contribution is -2.39. The van der Waals surface area contributed by atoms with E-state index in [2.05, 4.69) is 18.9 Å². The molecule has 3 heteroatoms.